The third-order valence-electron chi connectivity index (χ3n) is 4.81. The summed E-state index contributed by atoms with van der Waals surface area (Å²) in [5.41, 5.74) is 4.12. The lowest BCUT2D eigenvalue weighted by Crippen LogP contribution is -2.32. The predicted molar refractivity (Wildman–Crippen MR) is 132 cm³/mol. The number of rotatable bonds is 7. The normalized spacial score (nSPS) is 10.5. The Morgan fingerprint density at radius 2 is 1.63 bits per heavy atom. The first kappa shape index (κ1) is 25.3. The van der Waals surface area contributed by atoms with Crippen LogP contribution in [-0.2, 0) is 9.59 Å². The van der Waals surface area contributed by atoms with E-state index in [4.69, 9.17) is 25.8 Å². The summed E-state index contributed by atoms with van der Waals surface area (Å²) in [6, 6.07) is 16.1. The van der Waals surface area contributed by atoms with Crippen LogP contribution in [0.15, 0.2) is 65.8 Å². The van der Waals surface area contributed by atoms with Crippen molar-refractivity contribution in [2.24, 2.45) is 5.10 Å². The molecule has 0 aliphatic carbocycles. The number of nitrogens with one attached hydrogen (secondary N) is 2. The van der Waals surface area contributed by atoms with Crippen LogP contribution in [0, 0.1) is 6.92 Å². The highest BCUT2D eigenvalue weighted by Gasteiger charge is 2.15. The topological polar surface area (TPSA) is 115 Å². The molecule has 0 aliphatic heterocycles. The van der Waals surface area contributed by atoms with Gasteiger partial charge in [-0.15, -0.1) is 0 Å². The van der Waals surface area contributed by atoms with E-state index in [2.05, 4.69) is 15.8 Å². The van der Waals surface area contributed by atoms with Crippen LogP contribution < -0.4 is 25.0 Å². The summed E-state index contributed by atoms with van der Waals surface area (Å²) in [5, 5.41) is 6.72. The number of hydrazone groups is 1. The highest BCUT2D eigenvalue weighted by Crippen LogP contribution is 2.28. The summed E-state index contributed by atoms with van der Waals surface area (Å²) >= 11 is 6.01. The Balaban J connectivity index is 1.54. The molecule has 0 radical (unpaired) electrons. The highest BCUT2D eigenvalue weighted by molar-refractivity contribution is 6.40. The summed E-state index contributed by atoms with van der Waals surface area (Å²) in [7, 11) is 2.98. The van der Waals surface area contributed by atoms with Gasteiger partial charge in [0.2, 0.25) is 0 Å². The van der Waals surface area contributed by atoms with Crippen molar-refractivity contribution in [2.75, 3.05) is 19.5 Å². The standard InChI is InChI=1S/C25H22ClN3O6/c1-15-19(26)5-4-6-20(15)28-23(30)24(31)29-27-14-16-7-10-18(11-8-16)35-25(32)17-9-12-21(33-2)22(13-17)34-3/h4-14H,1-3H3,(H,28,30)(H,29,31). The Morgan fingerprint density at radius 1 is 0.914 bits per heavy atom. The predicted octanol–water partition coefficient (Wildman–Crippen LogP) is 3.97. The molecule has 0 atom stereocenters. The third-order valence-corrected chi connectivity index (χ3v) is 5.22. The quantitative estimate of drug-likeness (QED) is 0.168. The van der Waals surface area contributed by atoms with Gasteiger partial charge in [-0.2, -0.15) is 5.10 Å². The maximum Gasteiger partial charge on any atom is 0.343 e. The highest BCUT2D eigenvalue weighted by atomic mass is 35.5. The van der Waals surface area contributed by atoms with E-state index in [1.807, 2.05) is 0 Å². The first-order valence-corrected chi connectivity index (χ1v) is 10.6. The first-order valence-electron chi connectivity index (χ1n) is 10.3. The second-order valence-electron chi connectivity index (χ2n) is 7.09. The van der Waals surface area contributed by atoms with Crippen molar-refractivity contribution >= 4 is 41.3 Å². The molecule has 180 valence electrons. The van der Waals surface area contributed by atoms with Gasteiger partial charge in [0.1, 0.15) is 5.75 Å². The molecule has 0 aromatic heterocycles. The van der Waals surface area contributed by atoms with E-state index in [1.54, 1.807) is 61.5 Å². The number of carbonyl (C=O) groups is 3. The molecule has 0 aliphatic rings. The van der Waals surface area contributed by atoms with Crippen molar-refractivity contribution in [1.29, 1.82) is 0 Å². The second-order valence-corrected chi connectivity index (χ2v) is 7.50. The summed E-state index contributed by atoms with van der Waals surface area (Å²) < 4.78 is 15.7. The van der Waals surface area contributed by atoms with Crippen molar-refractivity contribution in [3.63, 3.8) is 0 Å². The minimum absolute atomic E-state index is 0.294. The van der Waals surface area contributed by atoms with Gasteiger partial charge >= 0.3 is 17.8 Å². The van der Waals surface area contributed by atoms with E-state index in [1.165, 1.54) is 26.5 Å². The molecular formula is C25H22ClN3O6. The lowest BCUT2D eigenvalue weighted by Gasteiger charge is -2.09. The van der Waals surface area contributed by atoms with E-state index in [0.29, 0.717) is 44.6 Å². The average Bonchev–Trinajstić information content (AvgIpc) is 2.87. The molecule has 0 spiro atoms. The molecule has 3 aromatic carbocycles. The molecule has 0 saturated heterocycles. The smallest absolute Gasteiger partial charge is 0.343 e. The van der Waals surface area contributed by atoms with Crippen LogP contribution in [0.2, 0.25) is 5.02 Å². The van der Waals surface area contributed by atoms with Crippen LogP contribution in [0.4, 0.5) is 5.69 Å². The third kappa shape index (κ3) is 6.58. The summed E-state index contributed by atoms with van der Waals surface area (Å²) in [6.07, 6.45) is 1.34. The van der Waals surface area contributed by atoms with Gasteiger partial charge in [-0.25, -0.2) is 10.2 Å². The summed E-state index contributed by atoms with van der Waals surface area (Å²) in [4.78, 5) is 36.5. The zero-order valence-electron chi connectivity index (χ0n) is 19.1. The van der Waals surface area contributed by atoms with E-state index in [-0.39, 0.29) is 0 Å². The maximum absolute atomic E-state index is 12.4. The molecule has 9 nitrogen and oxygen atoms in total. The van der Waals surface area contributed by atoms with Gasteiger partial charge in [-0.05, 0) is 72.6 Å². The van der Waals surface area contributed by atoms with Crippen LogP contribution in [0.5, 0.6) is 17.2 Å². The molecule has 2 amide bonds. The molecule has 0 heterocycles. The molecule has 10 heteroatoms. The molecule has 0 unspecified atom stereocenters. The molecule has 3 rings (SSSR count). The number of benzene rings is 3. The number of hydrogen-bond donors (Lipinski definition) is 2. The van der Waals surface area contributed by atoms with Crippen molar-refractivity contribution < 1.29 is 28.6 Å². The maximum atomic E-state index is 12.4. The van der Waals surface area contributed by atoms with E-state index in [0.717, 1.165) is 0 Å². The fraction of sp³-hybridized carbons (Fsp3) is 0.120. The van der Waals surface area contributed by atoms with Gasteiger partial charge in [0.05, 0.1) is 26.0 Å². The Bertz CT molecular complexity index is 1270. The van der Waals surface area contributed by atoms with Gasteiger partial charge in [-0.1, -0.05) is 17.7 Å². The van der Waals surface area contributed by atoms with Crippen LogP contribution in [0.3, 0.4) is 0 Å². The number of halogens is 1. The fourth-order valence-corrected chi connectivity index (χ4v) is 3.06. The van der Waals surface area contributed by atoms with E-state index in [9.17, 15) is 14.4 Å². The van der Waals surface area contributed by atoms with Gasteiger partial charge in [0, 0.05) is 10.7 Å². The number of amides is 2. The fourth-order valence-electron chi connectivity index (χ4n) is 2.89. The zero-order valence-corrected chi connectivity index (χ0v) is 19.9. The number of carbonyl (C=O) groups excluding carboxylic acids is 3. The Hall–Kier alpha value is -4.37. The lowest BCUT2D eigenvalue weighted by atomic mass is 10.2. The van der Waals surface area contributed by atoms with Gasteiger partial charge < -0.3 is 19.5 Å². The Kier molecular flexibility index (Phi) is 8.42. The van der Waals surface area contributed by atoms with Crippen LogP contribution in [0.1, 0.15) is 21.5 Å². The number of anilines is 1. The molecule has 2 N–H and O–H groups in total. The first-order chi connectivity index (χ1) is 16.8. The van der Waals surface area contributed by atoms with Crippen molar-refractivity contribution in [3.8, 4) is 17.2 Å². The van der Waals surface area contributed by atoms with Crippen LogP contribution in [0.25, 0.3) is 0 Å². The van der Waals surface area contributed by atoms with Crippen molar-refractivity contribution in [2.45, 2.75) is 6.92 Å². The van der Waals surface area contributed by atoms with E-state index < -0.39 is 17.8 Å². The van der Waals surface area contributed by atoms with Crippen LogP contribution in [-0.4, -0.2) is 38.2 Å². The number of hydrogen-bond acceptors (Lipinski definition) is 7. The number of ether oxygens (including phenoxy) is 3. The van der Waals surface area contributed by atoms with Crippen molar-refractivity contribution in [3.05, 3.63) is 82.4 Å². The zero-order chi connectivity index (χ0) is 25.4. The van der Waals surface area contributed by atoms with Gasteiger partial charge in [0.15, 0.2) is 11.5 Å². The monoisotopic (exact) mass is 495 g/mol. The second kappa shape index (κ2) is 11.7. The largest absolute Gasteiger partial charge is 0.493 e. The molecule has 0 fully saturated rings. The molecule has 35 heavy (non-hydrogen) atoms. The average molecular weight is 496 g/mol. The van der Waals surface area contributed by atoms with Crippen LogP contribution >= 0.6 is 11.6 Å². The number of methoxy groups -OCH3 is 2. The Labute approximate surface area is 206 Å². The molecule has 0 bridgehead atoms. The van der Waals surface area contributed by atoms with Gasteiger partial charge in [0.25, 0.3) is 0 Å². The summed E-state index contributed by atoms with van der Waals surface area (Å²) in [5.74, 6) is -1.18. The minimum Gasteiger partial charge on any atom is -0.493 e. The SMILES string of the molecule is COc1ccc(C(=O)Oc2ccc(C=NNC(=O)C(=O)Nc3cccc(Cl)c3C)cc2)cc1OC. The number of esters is 1. The molecular weight excluding hydrogens is 474 g/mol. The molecule has 3 aromatic rings. The Morgan fingerprint density at radius 3 is 2.31 bits per heavy atom. The van der Waals surface area contributed by atoms with E-state index >= 15 is 0 Å². The summed E-state index contributed by atoms with van der Waals surface area (Å²) in [6.45, 7) is 1.72. The lowest BCUT2D eigenvalue weighted by molar-refractivity contribution is -0.136. The number of nitrogens with zero attached hydrogens (tertiary/aromatic N) is 1. The molecule has 0 saturated carbocycles. The van der Waals surface area contributed by atoms with Gasteiger partial charge in [-0.3, -0.25) is 9.59 Å². The van der Waals surface area contributed by atoms with Crippen molar-refractivity contribution in [1.82, 2.24) is 5.43 Å². The minimum atomic E-state index is -0.943.